The summed E-state index contributed by atoms with van der Waals surface area (Å²) in [6.07, 6.45) is 9.17. The van der Waals surface area contributed by atoms with Gasteiger partial charge in [-0.05, 0) is 70.3 Å². The third kappa shape index (κ3) is 2.85. The third-order valence-electron chi connectivity index (χ3n) is 3.06. The highest BCUT2D eigenvalue weighted by molar-refractivity contribution is 6.01. The molecule has 0 heterocycles. The van der Waals surface area contributed by atoms with Crippen molar-refractivity contribution in [3.8, 4) is 0 Å². The van der Waals surface area contributed by atoms with Crippen molar-refractivity contribution in [2.75, 3.05) is 0 Å². The molecule has 3 nitrogen and oxygen atoms in total. The molecule has 0 bridgehead atoms. The largest absolute Gasteiger partial charge is 0.290 e. The van der Waals surface area contributed by atoms with Crippen LogP contribution in [0.5, 0.6) is 0 Å². The van der Waals surface area contributed by atoms with E-state index in [0.29, 0.717) is 0 Å². The van der Waals surface area contributed by atoms with Crippen molar-refractivity contribution in [1.29, 1.82) is 0 Å². The molecule has 0 N–H and O–H groups in total. The maximum Gasteiger partial charge on any atom is 0.178 e. The zero-order chi connectivity index (χ0) is 12.5. The first kappa shape index (κ1) is 12.5. The van der Waals surface area contributed by atoms with Gasteiger partial charge in [-0.25, -0.2) is 9.78 Å². The first-order chi connectivity index (χ1) is 7.91. The van der Waals surface area contributed by atoms with Gasteiger partial charge in [-0.2, -0.15) is 0 Å². The lowest BCUT2D eigenvalue weighted by Crippen LogP contribution is -2.40. The fraction of sp³-hybridized carbons (Fsp3) is 0.643. The molecule has 0 amide bonds. The first-order valence-corrected chi connectivity index (χ1v) is 6.22. The lowest BCUT2D eigenvalue weighted by molar-refractivity contribution is -0.388. The van der Waals surface area contributed by atoms with Crippen LogP contribution in [0.4, 0.5) is 0 Å². The summed E-state index contributed by atoms with van der Waals surface area (Å²) in [5.74, 6) is 0.0527. The van der Waals surface area contributed by atoms with Crippen molar-refractivity contribution >= 4 is 5.78 Å². The van der Waals surface area contributed by atoms with Gasteiger partial charge in [0.05, 0.1) is 5.60 Å². The minimum Gasteiger partial charge on any atom is -0.290 e. The average Bonchev–Trinajstić information content (AvgIpc) is 2.26. The van der Waals surface area contributed by atoms with Crippen LogP contribution in [-0.4, -0.2) is 17.0 Å². The Morgan fingerprint density at radius 2 is 2.06 bits per heavy atom. The van der Waals surface area contributed by atoms with Crippen molar-refractivity contribution in [2.24, 2.45) is 0 Å². The van der Waals surface area contributed by atoms with Crippen molar-refractivity contribution in [1.82, 2.24) is 0 Å². The fourth-order valence-electron chi connectivity index (χ4n) is 2.22. The van der Waals surface area contributed by atoms with Crippen LogP contribution in [-0.2, 0) is 14.6 Å². The molecule has 3 heteroatoms. The lowest BCUT2D eigenvalue weighted by Gasteiger charge is -2.38. The summed E-state index contributed by atoms with van der Waals surface area (Å²) in [7, 11) is 0. The molecule has 0 saturated heterocycles. The molecule has 2 aliphatic carbocycles. The molecule has 1 fully saturated rings. The Bertz CT molecular complexity index is 373. The monoisotopic (exact) mass is 236 g/mol. The summed E-state index contributed by atoms with van der Waals surface area (Å²) in [4.78, 5) is 22.5. The zero-order valence-corrected chi connectivity index (χ0v) is 10.8. The van der Waals surface area contributed by atoms with Crippen molar-refractivity contribution < 1.29 is 14.6 Å². The minimum atomic E-state index is -0.501. The number of hydrogen-bond acceptors (Lipinski definition) is 3. The molecule has 0 aromatic carbocycles. The van der Waals surface area contributed by atoms with E-state index in [1.807, 2.05) is 26.8 Å². The van der Waals surface area contributed by atoms with Gasteiger partial charge in [0.25, 0.3) is 0 Å². The molecule has 1 saturated carbocycles. The second kappa shape index (κ2) is 4.39. The van der Waals surface area contributed by atoms with Crippen LogP contribution >= 0.6 is 0 Å². The van der Waals surface area contributed by atoms with E-state index in [9.17, 15) is 4.79 Å². The fourth-order valence-corrected chi connectivity index (χ4v) is 2.22. The predicted octanol–water partition coefficient (Wildman–Crippen LogP) is 3.11. The molecule has 0 aromatic rings. The van der Waals surface area contributed by atoms with E-state index < -0.39 is 5.60 Å². The SMILES string of the molecule is CC(C)(C)OOC12C=CC(=O)C=C1CCCC2. The summed E-state index contributed by atoms with van der Waals surface area (Å²) < 4.78 is 0. The molecule has 0 aliphatic heterocycles. The standard InChI is InChI=1S/C14H20O3/c1-13(2,3)16-17-14-8-5-4-6-11(14)10-12(15)7-9-14/h7,9-10H,4-6,8H2,1-3H3. The van der Waals surface area contributed by atoms with Crippen molar-refractivity contribution in [2.45, 2.75) is 57.7 Å². The van der Waals surface area contributed by atoms with Crippen LogP contribution in [0.3, 0.4) is 0 Å². The average molecular weight is 236 g/mol. The molecular weight excluding hydrogens is 216 g/mol. The van der Waals surface area contributed by atoms with Crippen LogP contribution in [0.1, 0.15) is 46.5 Å². The number of carbonyl (C=O) groups is 1. The predicted molar refractivity (Wildman–Crippen MR) is 65.4 cm³/mol. The Labute approximate surface area is 102 Å². The van der Waals surface area contributed by atoms with Crippen LogP contribution in [0.2, 0.25) is 0 Å². The quantitative estimate of drug-likeness (QED) is 0.546. The summed E-state index contributed by atoms with van der Waals surface area (Å²) in [5.41, 5.74) is 0.215. The molecule has 1 unspecified atom stereocenters. The maximum atomic E-state index is 11.4. The molecule has 0 aromatic heterocycles. The Balaban J connectivity index is 2.17. The molecule has 2 aliphatic rings. The van der Waals surface area contributed by atoms with Gasteiger partial charge in [0, 0.05) is 0 Å². The number of ketones is 1. The number of carbonyl (C=O) groups excluding carboxylic acids is 1. The van der Waals surface area contributed by atoms with Crippen molar-refractivity contribution in [3.05, 3.63) is 23.8 Å². The summed E-state index contributed by atoms with van der Waals surface area (Å²) in [6.45, 7) is 5.86. The summed E-state index contributed by atoms with van der Waals surface area (Å²) in [6, 6.07) is 0. The maximum absolute atomic E-state index is 11.4. The van der Waals surface area contributed by atoms with Gasteiger partial charge in [0.15, 0.2) is 5.78 Å². The Kier molecular flexibility index (Phi) is 3.23. The molecule has 94 valence electrons. The van der Waals surface area contributed by atoms with E-state index >= 15 is 0 Å². The summed E-state index contributed by atoms with van der Waals surface area (Å²) in [5, 5.41) is 0. The molecule has 1 atom stereocenters. The first-order valence-electron chi connectivity index (χ1n) is 6.22. The zero-order valence-electron chi connectivity index (χ0n) is 10.8. The van der Waals surface area contributed by atoms with Gasteiger partial charge in [-0.1, -0.05) is 0 Å². The van der Waals surface area contributed by atoms with Crippen molar-refractivity contribution in [3.63, 3.8) is 0 Å². The highest BCUT2D eigenvalue weighted by Crippen LogP contribution is 2.40. The van der Waals surface area contributed by atoms with Crippen LogP contribution in [0.15, 0.2) is 23.8 Å². The van der Waals surface area contributed by atoms with Gasteiger partial charge in [0.2, 0.25) is 0 Å². The van der Waals surface area contributed by atoms with Gasteiger partial charge in [-0.3, -0.25) is 4.79 Å². The smallest absolute Gasteiger partial charge is 0.178 e. The Morgan fingerprint density at radius 3 is 2.76 bits per heavy atom. The van der Waals surface area contributed by atoms with E-state index in [0.717, 1.165) is 31.3 Å². The van der Waals surface area contributed by atoms with E-state index in [-0.39, 0.29) is 11.4 Å². The number of hydrogen-bond donors (Lipinski definition) is 0. The highest BCUT2D eigenvalue weighted by Gasteiger charge is 2.39. The van der Waals surface area contributed by atoms with Crippen LogP contribution in [0.25, 0.3) is 0 Å². The number of allylic oxidation sites excluding steroid dienone is 2. The molecule has 0 radical (unpaired) electrons. The highest BCUT2D eigenvalue weighted by atomic mass is 17.2. The topological polar surface area (TPSA) is 35.5 Å². The van der Waals surface area contributed by atoms with Crippen LogP contribution < -0.4 is 0 Å². The molecule has 17 heavy (non-hydrogen) atoms. The second-order valence-electron chi connectivity index (χ2n) is 5.78. The van der Waals surface area contributed by atoms with E-state index in [4.69, 9.17) is 9.78 Å². The number of fused-ring (bicyclic) bond motifs is 1. The van der Waals surface area contributed by atoms with E-state index in [1.54, 1.807) is 12.2 Å². The minimum absolute atomic E-state index is 0.0527. The summed E-state index contributed by atoms with van der Waals surface area (Å²) >= 11 is 0. The van der Waals surface area contributed by atoms with Crippen LogP contribution in [0, 0.1) is 0 Å². The van der Waals surface area contributed by atoms with Gasteiger partial charge < -0.3 is 0 Å². The number of rotatable bonds is 2. The van der Waals surface area contributed by atoms with E-state index in [2.05, 4.69) is 0 Å². The second-order valence-corrected chi connectivity index (χ2v) is 5.78. The van der Waals surface area contributed by atoms with Gasteiger partial charge in [0.1, 0.15) is 5.60 Å². The molecular formula is C14H20O3. The Morgan fingerprint density at radius 1 is 1.29 bits per heavy atom. The Hall–Kier alpha value is -0.930. The molecule has 0 spiro atoms. The molecule has 2 rings (SSSR count). The van der Waals surface area contributed by atoms with E-state index in [1.165, 1.54) is 0 Å². The normalized spacial score (nSPS) is 28.9. The third-order valence-corrected chi connectivity index (χ3v) is 3.06. The van der Waals surface area contributed by atoms with Gasteiger partial charge >= 0.3 is 0 Å². The van der Waals surface area contributed by atoms with Gasteiger partial charge in [-0.15, -0.1) is 0 Å². The lowest BCUT2D eigenvalue weighted by atomic mass is 9.77.